The van der Waals surface area contributed by atoms with E-state index in [1.165, 1.54) is 32.1 Å². The lowest BCUT2D eigenvalue weighted by Crippen LogP contribution is -2.38. The lowest BCUT2D eigenvalue weighted by molar-refractivity contribution is 0.333. The molecule has 1 saturated heterocycles. The van der Waals surface area contributed by atoms with Crippen LogP contribution in [0.2, 0.25) is 0 Å². The van der Waals surface area contributed by atoms with Gasteiger partial charge in [0.05, 0.1) is 0 Å². The summed E-state index contributed by atoms with van der Waals surface area (Å²) in [6, 6.07) is 0.572. The lowest BCUT2D eigenvalue weighted by Gasteiger charge is -2.28. The van der Waals surface area contributed by atoms with Crippen molar-refractivity contribution in [3.8, 4) is 0 Å². The van der Waals surface area contributed by atoms with E-state index >= 15 is 0 Å². The molecule has 1 heterocycles. The van der Waals surface area contributed by atoms with Crippen LogP contribution in [0.5, 0.6) is 0 Å². The molecule has 0 aromatic rings. The Morgan fingerprint density at radius 2 is 2.06 bits per heavy atom. The molecule has 0 bridgehead atoms. The first-order chi connectivity index (χ1) is 8.43. The van der Waals surface area contributed by atoms with Gasteiger partial charge in [-0.05, 0) is 25.2 Å². The largest absolute Gasteiger partial charge is 0.362 e. The van der Waals surface area contributed by atoms with Crippen LogP contribution < -0.4 is 5.32 Å². The van der Waals surface area contributed by atoms with Crippen LogP contribution in [-0.2, 0) is 0 Å². The molecule has 1 aliphatic rings. The highest BCUT2D eigenvalue weighted by Gasteiger charge is 2.21. The highest BCUT2D eigenvalue weighted by Crippen LogP contribution is 2.26. The smallest absolute Gasteiger partial charge is 0.157 e. The van der Waals surface area contributed by atoms with E-state index < -0.39 is 0 Å². The van der Waals surface area contributed by atoms with Gasteiger partial charge >= 0.3 is 0 Å². The molecule has 0 aromatic heterocycles. The SMILES string of the molecule is CCCCCC(C)(C)CN=C1NC(C)CC(C)S1. The Morgan fingerprint density at radius 3 is 2.67 bits per heavy atom. The maximum absolute atomic E-state index is 4.80. The number of hydrogen-bond donors (Lipinski definition) is 1. The van der Waals surface area contributed by atoms with Gasteiger partial charge in [-0.3, -0.25) is 4.99 Å². The molecule has 106 valence electrons. The fraction of sp³-hybridized carbons (Fsp3) is 0.933. The normalized spacial score (nSPS) is 27.3. The molecule has 1 N–H and O–H groups in total. The van der Waals surface area contributed by atoms with Gasteiger partial charge < -0.3 is 5.32 Å². The molecule has 0 radical (unpaired) electrons. The number of hydrogen-bond acceptors (Lipinski definition) is 2. The summed E-state index contributed by atoms with van der Waals surface area (Å²) in [5.41, 5.74) is 0.342. The van der Waals surface area contributed by atoms with Gasteiger partial charge in [0, 0.05) is 17.8 Å². The molecule has 3 heteroatoms. The second-order valence-electron chi connectivity index (χ2n) is 6.45. The van der Waals surface area contributed by atoms with Crippen molar-refractivity contribution in [3.63, 3.8) is 0 Å². The number of rotatable bonds is 6. The Bertz CT molecular complexity index is 262. The van der Waals surface area contributed by atoms with Gasteiger partial charge in [-0.15, -0.1) is 0 Å². The minimum Gasteiger partial charge on any atom is -0.362 e. The summed E-state index contributed by atoms with van der Waals surface area (Å²) >= 11 is 1.90. The minimum atomic E-state index is 0.342. The average Bonchev–Trinajstić information content (AvgIpc) is 2.25. The molecule has 0 spiro atoms. The summed E-state index contributed by atoms with van der Waals surface area (Å²) in [6.07, 6.45) is 6.51. The summed E-state index contributed by atoms with van der Waals surface area (Å²) in [4.78, 5) is 4.80. The molecule has 0 aliphatic carbocycles. The zero-order valence-electron chi connectivity index (χ0n) is 12.8. The van der Waals surface area contributed by atoms with Crippen molar-refractivity contribution in [2.45, 2.75) is 78.0 Å². The Balaban J connectivity index is 2.41. The van der Waals surface area contributed by atoms with Gasteiger partial charge in [0.1, 0.15) is 0 Å². The molecule has 0 aromatic carbocycles. The molecule has 2 nitrogen and oxygen atoms in total. The quantitative estimate of drug-likeness (QED) is 0.721. The summed E-state index contributed by atoms with van der Waals surface area (Å²) in [5, 5.41) is 5.35. The Labute approximate surface area is 117 Å². The maximum Gasteiger partial charge on any atom is 0.157 e. The van der Waals surface area contributed by atoms with Crippen molar-refractivity contribution in [1.29, 1.82) is 0 Å². The Kier molecular flexibility index (Phi) is 6.54. The summed E-state index contributed by atoms with van der Waals surface area (Å²) in [5.74, 6) is 0. The third-order valence-corrected chi connectivity index (χ3v) is 4.54. The molecule has 2 unspecified atom stereocenters. The number of unbranched alkanes of at least 4 members (excludes halogenated alkanes) is 2. The zero-order chi connectivity index (χ0) is 13.6. The average molecular weight is 270 g/mol. The molecular weight excluding hydrogens is 240 g/mol. The van der Waals surface area contributed by atoms with Crippen LogP contribution in [0.15, 0.2) is 4.99 Å². The second-order valence-corrected chi connectivity index (χ2v) is 7.88. The standard InChI is InChI=1S/C15H30N2S/c1-6-7-8-9-15(4,5)11-16-14-17-12(2)10-13(3)18-14/h12-13H,6-11H2,1-5H3,(H,16,17). The number of nitrogens with zero attached hydrogens (tertiary/aromatic N) is 1. The topological polar surface area (TPSA) is 24.4 Å². The number of nitrogens with one attached hydrogen (secondary N) is 1. The van der Waals surface area contributed by atoms with Crippen molar-refractivity contribution in [2.75, 3.05) is 6.54 Å². The summed E-state index contributed by atoms with van der Waals surface area (Å²) in [7, 11) is 0. The van der Waals surface area contributed by atoms with Gasteiger partial charge in [-0.25, -0.2) is 0 Å². The molecular formula is C15H30N2S. The fourth-order valence-electron chi connectivity index (χ4n) is 2.34. The van der Waals surface area contributed by atoms with Crippen molar-refractivity contribution < 1.29 is 0 Å². The zero-order valence-corrected chi connectivity index (χ0v) is 13.6. The lowest BCUT2D eigenvalue weighted by atomic mass is 9.87. The van der Waals surface area contributed by atoms with Crippen molar-refractivity contribution in [1.82, 2.24) is 5.32 Å². The van der Waals surface area contributed by atoms with Crippen molar-refractivity contribution in [2.24, 2.45) is 10.4 Å². The van der Waals surface area contributed by atoms with E-state index in [9.17, 15) is 0 Å². The third-order valence-electron chi connectivity index (χ3n) is 3.48. The predicted molar refractivity (Wildman–Crippen MR) is 84.5 cm³/mol. The number of thioether (sulfide) groups is 1. The second kappa shape index (κ2) is 7.42. The van der Waals surface area contributed by atoms with E-state index in [-0.39, 0.29) is 0 Å². The van der Waals surface area contributed by atoms with Crippen LogP contribution in [-0.4, -0.2) is 23.0 Å². The molecule has 0 saturated carbocycles. The molecule has 0 amide bonds. The van der Waals surface area contributed by atoms with Crippen molar-refractivity contribution in [3.05, 3.63) is 0 Å². The van der Waals surface area contributed by atoms with Gasteiger partial charge in [0.25, 0.3) is 0 Å². The first kappa shape index (κ1) is 15.9. The molecule has 1 rings (SSSR count). The number of aliphatic imine (C=N–C) groups is 1. The minimum absolute atomic E-state index is 0.342. The van der Waals surface area contributed by atoms with Crippen molar-refractivity contribution >= 4 is 16.9 Å². The fourth-order valence-corrected chi connectivity index (χ4v) is 3.52. The van der Waals surface area contributed by atoms with E-state index in [0.717, 1.165) is 11.7 Å². The molecule has 1 aliphatic heterocycles. The van der Waals surface area contributed by atoms with Crippen LogP contribution in [0.1, 0.15) is 66.7 Å². The van der Waals surface area contributed by atoms with Crippen LogP contribution in [0.25, 0.3) is 0 Å². The maximum atomic E-state index is 4.80. The predicted octanol–water partition coefficient (Wildman–Crippen LogP) is 4.45. The van der Waals surface area contributed by atoms with E-state index in [1.807, 2.05) is 11.8 Å². The first-order valence-electron chi connectivity index (χ1n) is 7.40. The van der Waals surface area contributed by atoms with Crippen LogP contribution in [0.3, 0.4) is 0 Å². The Morgan fingerprint density at radius 1 is 1.33 bits per heavy atom. The van der Waals surface area contributed by atoms with E-state index in [0.29, 0.717) is 16.7 Å². The van der Waals surface area contributed by atoms with Crippen LogP contribution in [0, 0.1) is 5.41 Å². The summed E-state index contributed by atoms with van der Waals surface area (Å²) < 4.78 is 0. The monoisotopic (exact) mass is 270 g/mol. The van der Waals surface area contributed by atoms with Crippen LogP contribution in [0.4, 0.5) is 0 Å². The Hall–Kier alpha value is -0.180. The van der Waals surface area contributed by atoms with E-state index in [4.69, 9.17) is 4.99 Å². The highest BCUT2D eigenvalue weighted by molar-refractivity contribution is 8.14. The van der Waals surface area contributed by atoms with E-state index in [2.05, 4.69) is 39.9 Å². The number of amidine groups is 1. The van der Waals surface area contributed by atoms with Gasteiger partial charge in [0.15, 0.2) is 5.17 Å². The first-order valence-corrected chi connectivity index (χ1v) is 8.28. The van der Waals surface area contributed by atoms with Crippen LogP contribution >= 0.6 is 11.8 Å². The third kappa shape index (κ3) is 6.12. The molecule has 18 heavy (non-hydrogen) atoms. The van der Waals surface area contributed by atoms with E-state index in [1.54, 1.807) is 0 Å². The summed E-state index contributed by atoms with van der Waals surface area (Å²) in [6.45, 7) is 12.4. The van der Waals surface area contributed by atoms with Gasteiger partial charge in [0.2, 0.25) is 0 Å². The molecule has 1 fully saturated rings. The highest BCUT2D eigenvalue weighted by atomic mass is 32.2. The van der Waals surface area contributed by atoms with Gasteiger partial charge in [-0.2, -0.15) is 0 Å². The van der Waals surface area contributed by atoms with Gasteiger partial charge in [-0.1, -0.05) is 58.7 Å². The molecule has 2 atom stereocenters.